The molecule has 0 aliphatic heterocycles. The number of carboxylic acids is 1. The smallest absolute Gasteiger partial charge is 0.336 e. The van der Waals surface area contributed by atoms with E-state index in [2.05, 4.69) is 0 Å². The van der Waals surface area contributed by atoms with Crippen LogP contribution < -0.4 is 0 Å². The van der Waals surface area contributed by atoms with Gasteiger partial charge in [-0.25, -0.2) is 4.79 Å². The van der Waals surface area contributed by atoms with Crippen molar-refractivity contribution in [2.45, 2.75) is 6.92 Å². The van der Waals surface area contributed by atoms with E-state index in [4.69, 9.17) is 5.11 Å². The first-order valence-electron chi connectivity index (χ1n) is 2.40. The van der Waals surface area contributed by atoms with Crippen molar-refractivity contribution in [3.63, 3.8) is 0 Å². The number of allylic oxidation sites excluding steroid dienone is 1. The summed E-state index contributed by atoms with van der Waals surface area (Å²) in [5.74, 6) is -1.24. The molecule has 0 aromatic carbocycles. The van der Waals surface area contributed by atoms with Gasteiger partial charge in [-0.05, 0) is 6.92 Å². The van der Waals surface area contributed by atoms with Crippen molar-refractivity contribution in [3.8, 4) is 0 Å². The van der Waals surface area contributed by atoms with E-state index in [1.54, 1.807) is 0 Å². The molecular weight excluding hydrogens is 156 g/mol. The molecule has 0 aromatic heterocycles. The van der Waals surface area contributed by atoms with Crippen LogP contribution in [0.1, 0.15) is 6.92 Å². The lowest BCUT2D eigenvalue weighted by Crippen LogP contribution is -2.01. The van der Waals surface area contributed by atoms with E-state index in [-0.39, 0.29) is 5.57 Å². The van der Waals surface area contributed by atoms with Crippen molar-refractivity contribution in [3.05, 3.63) is 11.6 Å². The average molecular weight is 162 g/mol. The molecule has 0 aliphatic carbocycles. The highest BCUT2D eigenvalue weighted by atomic mass is 32.2. The Balaban J connectivity index is 4.76. The number of carbonyl (C=O) groups is 1. The summed E-state index contributed by atoms with van der Waals surface area (Å²) < 4.78 is 19.8. The van der Waals surface area contributed by atoms with Gasteiger partial charge in [0.1, 0.15) is 0 Å². The van der Waals surface area contributed by atoms with E-state index in [0.29, 0.717) is 5.37 Å². The Morgan fingerprint density at radius 3 is 2.10 bits per heavy atom. The van der Waals surface area contributed by atoms with Gasteiger partial charge in [0, 0.05) is 0 Å². The van der Waals surface area contributed by atoms with Crippen LogP contribution in [-0.4, -0.2) is 24.9 Å². The second-order valence-corrected chi connectivity index (χ2v) is 2.18. The van der Waals surface area contributed by atoms with Crippen LogP contribution in [0, 0.1) is 0 Å². The van der Waals surface area contributed by atoms with E-state index >= 15 is 0 Å². The van der Waals surface area contributed by atoms with Gasteiger partial charge >= 0.3 is 5.97 Å². The van der Waals surface area contributed by atoms with Crippen LogP contribution in [0.15, 0.2) is 11.6 Å². The molecule has 0 unspecified atom stereocenters. The molecular formula is C5H6O4S. The molecule has 5 heteroatoms. The van der Waals surface area contributed by atoms with Gasteiger partial charge in [0.2, 0.25) is 10.3 Å². The van der Waals surface area contributed by atoms with Crippen molar-refractivity contribution in [2.75, 3.05) is 0 Å². The van der Waals surface area contributed by atoms with Gasteiger partial charge in [-0.1, -0.05) is 6.08 Å². The van der Waals surface area contributed by atoms with E-state index < -0.39 is 16.3 Å². The van der Waals surface area contributed by atoms with Crippen LogP contribution in [-0.2, 0) is 15.1 Å². The van der Waals surface area contributed by atoms with Gasteiger partial charge in [0.25, 0.3) is 0 Å². The molecule has 56 valence electrons. The Morgan fingerprint density at radius 1 is 1.50 bits per heavy atom. The highest BCUT2D eigenvalue weighted by Crippen LogP contribution is 1.87. The molecule has 0 radical (unpaired) electrons. The van der Waals surface area contributed by atoms with Crippen LogP contribution >= 0.6 is 0 Å². The zero-order valence-corrected chi connectivity index (χ0v) is 6.05. The largest absolute Gasteiger partial charge is 0.478 e. The van der Waals surface area contributed by atoms with Gasteiger partial charge in [0.05, 0.1) is 10.9 Å². The zero-order chi connectivity index (χ0) is 8.15. The maximum absolute atomic E-state index is 10.1. The third-order valence-corrected chi connectivity index (χ3v) is 1.23. The second kappa shape index (κ2) is 3.84. The van der Waals surface area contributed by atoms with Gasteiger partial charge in [0.15, 0.2) is 0 Å². The fourth-order valence-corrected chi connectivity index (χ4v) is 0.790. The molecule has 0 fully saturated rings. The third-order valence-electron chi connectivity index (χ3n) is 0.781. The number of hydrogen-bond donors (Lipinski definition) is 1. The predicted molar refractivity (Wildman–Crippen MR) is 36.4 cm³/mol. The fourth-order valence-electron chi connectivity index (χ4n) is 0.346. The van der Waals surface area contributed by atoms with Gasteiger partial charge in [-0.15, -0.1) is 0 Å². The molecule has 0 saturated carbocycles. The summed E-state index contributed by atoms with van der Waals surface area (Å²) in [6, 6.07) is 0. The quantitative estimate of drug-likeness (QED) is 0.447. The lowest BCUT2D eigenvalue weighted by Gasteiger charge is -1.85. The minimum absolute atomic E-state index is 0.228. The maximum atomic E-state index is 10.1. The summed E-state index contributed by atoms with van der Waals surface area (Å²) in [5.41, 5.74) is -0.228. The lowest BCUT2D eigenvalue weighted by atomic mass is 10.3. The summed E-state index contributed by atoms with van der Waals surface area (Å²) in [6.07, 6.45) is 1.21. The number of rotatable bonds is 2. The first kappa shape index (κ1) is 8.90. The first-order chi connectivity index (χ1) is 4.57. The highest BCUT2D eigenvalue weighted by Gasteiger charge is 2.00. The van der Waals surface area contributed by atoms with Gasteiger partial charge < -0.3 is 5.11 Å². The molecule has 0 amide bonds. The molecule has 0 spiro atoms. The van der Waals surface area contributed by atoms with Crippen molar-refractivity contribution in [1.82, 2.24) is 0 Å². The molecule has 1 N–H and O–H groups in total. The first-order valence-corrected chi connectivity index (χ1v) is 3.54. The van der Waals surface area contributed by atoms with E-state index in [0.717, 1.165) is 0 Å². The molecule has 0 bridgehead atoms. The maximum Gasteiger partial charge on any atom is 0.336 e. The molecule has 0 saturated heterocycles. The minimum atomic E-state index is -2.44. The summed E-state index contributed by atoms with van der Waals surface area (Å²) in [4.78, 5) is 10.1. The molecule has 0 rings (SSSR count). The molecule has 0 aromatic rings. The van der Waals surface area contributed by atoms with Crippen LogP contribution in [0.3, 0.4) is 0 Å². The zero-order valence-electron chi connectivity index (χ0n) is 5.23. The van der Waals surface area contributed by atoms with Crippen molar-refractivity contribution >= 4 is 21.6 Å². The van der Waals surface area contributed by atoms with Gasteiger partial charge in [-0.3, -0.25) is 0 Å². The fraction of sp³-hybridized carbons (Fsp3) is 0.200. The molecule has 0 heterocycles. The van der Waals surface area contributed by atoms with E-state index in [1.165, 1.54) is 13.0 Å². The molecule has 0 atom stereocenters. The standard InChI is InChI=1S/C5H6O4S/c1-2-4(5(6)7)3-10(8)9/h2-3H,1H3,(H,6,7). The number of carboxylic acid groups (broad SMARTS) is 1. The molecule has 4 nitrogen and oxygen atoms in total. The summed E-state index contributed by atoms with van der Waals surface area (Å²) >= 11 is 0. The van der Waals surface area contributed by atoms with Crippen LogP contribution in [0.25, 0.3) is 0 Å². The van der Waals surface area contributed by atoms with Crippen molar-refractivity contribution < 1.29 is 18.3 Å². The van der Waals surface area contributed by atoms with Crippen LogP contribution in [0.4, 0.5) is 0 Å². The molecule has 0 aliphatic rings. The normalized spacial score (nSPS) is 10.7. The Hall–Kier alpha value is -1.10. The summed E-state index contributed by atoms with van der Waals surface area (Å²) in [7, 11) is -2.44. The second-order valence-electron chi connectivity index (χ2n) is 1.43. The van der Waals surface area contributed by atoms with E-state index in [1.807, 2.05) is 0 Å². The van der Waals surface area contributed by atoms with Gasteiger partial charge in [-0.2, -0.15) is 8.42 Å². The highest BCUT2D eigenvalue weighted by molar-refractivity contribution is 7.71. The Kier molecular flexibility index (Phi) is 3.42. The number of aliphatic carboxylic acids is 1. The monoisotopic (exact) mass is 162 g/mol. The van der Waals surface area contributed by atoms with Crippen LogP contribution in [0.5, 0.6) is 0 Å². The Morgan fingerprint density at radius 2 is 2.00 bits per heavy atom. The van der Waals surface area contributed by atoms with Crippen molar-refractivity contribution in [1.29, 1.82) is 0 Å². The van der Waals surface area contributed by atoms with Crippen LogP contribution in [0.2, 0.25) is 0 Å². The SMILES string of the molecule is CC=C(C=S(=O)=O)C(=O)O. The van der Waals surface area contributed by atoms with E-state index in [9.17, 15) is 13.2 Å². The summed E-state index contributed by atoms with van der Waals surface area (Å²) in [5, 5.41) is 8.89. The average Bonchev–Trinajstić information content (AvgIpc) is 1.81. The molecule has 10 heavy (non-hydrogen) atoms. The van der Waals surface area contributed by atoms with Crippen molar-refractivity contribution in [2.24, 2.45) is 0 Å². The number of hydrogen-bond acceptors (Lipinski definition) is 3. The predicted octanol–water partition coefficient (Wildman–Crippen LogP) is -0.301. The topological polar surface area (TPSA) is 71.4 Å². The minimum Gasteiger partial charge on any atom is -0.478 e. The third kappa shape index (κ3) is 3.03. The lowest BCUT2D eigenvalue weighted by molar-refractivity contribution is -0.132. The Labute approximate surface area is 59.3 Å². The summed E-state index contributed by atoms with van der Waals surface area (Å²) in [6.45, 7) is 1.45. The Bertz CT molecular complexity index is 275.